The second kappa shape index (κ2) is 22.6. The minimum absolute atomic E-state index is 0. The van der Waals surface area contributed by atoms with E-state index in [1.807, 2.05) is 17.5 Å². The second-order valence-electron chi connectivity index (χ2n) is 29.9. The van der Waals surface area contributed by atoms with Gasteiger partial charge in [-0.15, -0.1) is 65.0 Å². The summed E-state index contributed by atoms with van der Waals surface area (Å²) < 4.78 is 12.2. The molecule has 4 heterocycles. The average molecular weight is 1380 g/mol. The van der Waals surface area contributed by atoms with E-state index in [1.165, 1.54) is 97.9 Å². The fourth-order valence-electron chi connectivity index (χ4n) is 13.4. The number of hydrogen-bond donors (Lipinski definition) is 0. The van der Waals surface area contributed by atoms with Crippen LogP contribution in [0.2, 0.25) is 0 Å². The average Bonchev–Trinajstić information content (AvgIpc) is 1.50. The van der Waals surface area contributed by atoms with Crippen LogP contribution in [0.5, 0.6) is 11.5 Å². The van der Waals surface area contributed by atoms with Crippen molar-refractivity contribution in [1.29, 1.82) is 0 Å². The Balaban J connectivity index is 0.00000785. The van der Waals surface area contributed by atoms with Crippen LogP contribution in [0.1, 0.15) is 148 Å². The van der Waals surface area contributed by atoms with Gasteiger partial charge in [0.2, 0.25) is 0 Å². The van der Waals surface area contributed by atoms with Crippen LogP contribution in [0.15, 0.2) is 170 Å². The van der Waals surface area contributed by atoms with E-state index < -0.39 is 0 Å². The van der Waals surface area contributed by atoms with E-state index >= 15 is 0 Å². The number of ether oxygens (including phenoxy) is 1. The maximum Gasteiger partial charge on any atom is 0.135 e. The van der Waals surface area contributed by atoms with E-state index in [1.54, 1.807) is 0 Å². The Hall–Kier alpha value is -7.76. The maximum atomic E-state index is 7.37. The van der Waals surface area contributed by atoms with Gasteiger partial charge in [0.25, 0.3) is 0 Å². The summed E-state index contributed by atoms with van der Waals surface area (Å²) in [5, 5.41) is 4.81. The first-order chi connectivity index (χ1) is 42.0. The number of hydrogen-bond acceptors (Lipinski definition) is 5. The van der Waals surface area contributed by atoms with Crippen LogP contribution in [0.3, 0.4) is 0 Å². The molecule has 0 aliphatic carbocycles. The van der Waals surface area contributed by atoms with Gasteiger partial charge >= 0.3 is 0 Å². The van der Waals surface area contributed by atoms with Gasteiger partial charge < -0.3 is 19.1 Å². The summed E-state index contributed by atoms with van der Waals surface area (Å²) in [5.41, 5.74) is 22.9. The summed E-state index contributed by atoms with van der Waals surface area (Å²) in [7, 11) is 0. The summed E-state index contributed by atoms with van der Waals surface area (Å²) in [6.45, 7) is 43.7. The molecule has 0 N–H and O–H groups in total. The number of fused-ring (bicyclic) bond motifs is 8. The fraction of sp³-hybridized carbons (Fsp3) is 0.277. The van der Waals surface area contributed by atoms with Crippen LogP contribution in [0.4, 0.5) is 22.7 Å². The van der Waals surface area contributed by atoms with E-state index in [-0.39, 0.29) is 48.1 Å². The summed E-state index contributed by atoms with van der Waals surface area (Å²) in [5.74, 6) is 2.02. The van der Waals surface area contributed by atoms with E-state index in [0.29, 0.717) is 11.5 Å². The SMILES string of the molecule is Cc1c(C)c(-c2ccc(C(C)(C)C)cc2)c(N2[CH-]N(c3[c-]c(Oc4[c-]c5c(cc4)c4c6sc7ccccc7c6ccc4n5-c4cc(C(C)(C)C)ccn4)cc(-c4c(C(C)(C)C)cccc4C(C)(C)C)c3)c3ccccc32)c(-c2ccc(C(C)(C)C)cc2)c1C.[Pt]. The largest absolute Gasteiger partial charge is 0.509 e. The molecule has 0 bridgehead atoms. The molecule has 0 spiro atoms. The number of thiophene rings is 1. The van der Waals surface area contributed by atoms with Crippen molar-refractivity contribution in [2.45, 2.75) is 152 Å². The van der Waals surface area contributed by atoms with Gasteiger partial charge in [-0.3, -0.25) is 0 Å². The van der Waals surface area contributed by atoms with Crippen LogP contribution >= 0.6 is 11.3 Å². The van der Waals surface area contributed by atoms with Gasteiger partial charge in [0.05, 0.1) is 0 Å². The Labute approximate surface area is 553 Å². The molecular formula is C83H83N4OPtS-3. The Bertz CT molecular complexity index is 4660. The molecular weight excluding hydrogens is 1300 g/mol. The predicted molar refractivity (Wildman–Crippen MR) is 381 cm³/mol. The number of para-hydroxylation sites is 2. The van der Waals surface area contributed by atoms with Gasteiger partial charge in [0.15, 0.2) is 0 Å². The number of benzene rings is 9. The zero-order valence-corrected chi connectivity index (χ0v) is 58.8. The molecule has 1 aliphatic heterocycles. The van der Waals surface area contributed by atoms with Gasteiger partial charge in [-0.25, -0.2) is 4.98 Å². The van der Waals surface area contributed by atoms with Crippen molar-refractivity contribution in [2.75, 3.05) is 9.80 Å². The summed E-state index contributed by atoms with van der Waals surface area (Å²) in [6.07, 6.45) is 1.95. The summed E-state index contributed by atoms with van der Waals surface area (Å²) >= 11 is 1.85. The number of aromatic nitrogens is 2. The number of nitrogens with zero attached hydrogens (tertiary/aromatic N) is 4. The number of rotatable bonds is 8. The molecule has 0 saturated heterocycles. The van der Waals surface area contributed by atoms with Gasteiger partial charge in [-0.05, 0) is 151 Å². The van der Waals surface area contributed by atoms with Crippen molar-refractivity contribution in [3.8, 4) is 50.7 Å². The molecule has 90 heavy (non-hydrogen) atoms. The van der Waals surface area contributed by atoms with Crippen molar-refractivity contribution >= 4 is 76.1 Å². The van der Waals surface area contributed by atoms with Crippen molar-refractivity contribution in [3.63, 3.8) is 0 Å². The van der Waals surface area contributed by atoms with E-state index in [0.717, 1.165) is 50.6 Å². The van der Waals surface area contributed by atoms with Crippen molar-refractivity contribution < 1.29 is 25.8 Å². The summed E-state index contributed by atoms with van der Waals surface area (Å²) in [4.78, 5) is 9.89. The van der Waals surface area contributed by atoms with Crippen molar-refractivity contribution in [3.05, 3.63) is 233 Å². The number of pyridine rings is 1. The molecule has 0 unspecified atom stereocenters. The smallest absolute Gasteiger partial charge is 0.135 e. The van der Waals surface area contributed by atoms with Crippen LogP contribution < -0.4 is 14.5 Å². The molecule has 460 valence electrons. The van der Waals surface area contributed by atoms with Crippen LogP contribution in [0, 0.1) is 39.6 Å². The minimum atomic E-state index is -0.185. The third-order valence-electron chi connectivity index (χ3n) is 18.6. The standard InChI is InChI=1S/C83H83N4OS.Pt/c1-50-51(2)73(53-30-34-56(35-31-53)79(4,5)6)77(74(52(50)3)54-32-36-57(37-33-54)80(7,8)9)86-49-85(67-27-20-21-28-68(67)86)59-44-55(75-65(82(13,14)15)25-23-26-66(75)83(16,17)18)45-61(47-59)88-60-38-39-64-70(48-60)87(72-46-58(42-43-84-72)81(10,11)12)69-41-40-63-62-24-19-22-29-71(62)89-78(63)76(64)69;/h19-46,49H,1-18H3;/q-3;. The van der Waals surface area contributed by atoms with Gasteiger partial charge in [0.1, 0.15) is 5.82 Å². The van der Waals surface area contributed by atoms with Crippen molar-refractivity contribution in [1.82, 2.24) is 9.55 Å². The van der Waals surface area contributed by atoms with Gasteiger partial charge in [0, 0.05) is 92.6 Å². The zero-order chi connectivity index (χ0) is 63.0. The van der Waals surface area contributed by atoms with Gasteiger partial charge in [-0.2, -0.15) is 6.07 Å². The van der Waals surface area contributed by atoms with E-state index in [4.69, 9.17) is 9.72 Å². The zero-order valence-electron chi connectivity index (χ0n) is 55.7. The molecule has 0 atom stereocenters. The molecule has 1 aliphatic rings. The molecule has 0 fully saturated rings. The van der Waals surface area contributed by atoms with E-state index in [9.17, 15) is 0 Å². The third-order valence-corrected chi connectivity index (χ3v) is 19.8. The third kappa shape index (κ3) is 11.0. The Kier molecular flexibility index (Phi) is 15.7. The predicted octanol–water partition coefficient (Wildman–Crippen LogP) is 23.8. The molecule has 7 heteroatoms. The molecule has 3 aromatic heterocycles. The van der Waals surface area contributed by atoms with Gasteiger partial charge in [-0.1, -0.05) is 213 Å². The molecule has 0 amide bonds. The molecule has 5 nitrogen and oxygen atoms in total. The first kappa shape index (κ1) is 62.4. The monoisotopic (exact) mass is 1380 g/mol. The molecule has 0 radical (unpaired) electrons. The molecule has 13 rings (SSSR count). The molecule has 12 aromatic rings. The normalized spacial score (nSPS) is 13.3. The maximum absolute atomic E-state index is 7.37. The number of anilines is 4. The fourth-order valence-corrected chi connectivity index (χ4v) is 14.7. The van der Waals surface area contributed by atoms with Crippen LogP contribution in [0.25, 0.3) is 81.2 Å². The Morgan fingerprint density at radius 2 is 1.01 bits per heavy atom. The van der Waals surface area contributed by atoms with Crippen molar-refractivity contribution in [2.24, 2.45) is 0 Å². The van der Waals surface area contributed by atoms with E-state index in [2.05, 4.69) is 322 Å². The Morgan fingerprint density at radius 3 is 1.59 bits per heavy atom. The second-order valence-corrected chi connectivity index (χ2v) is 31.0. The molecule has 0 saturated carbocycles. The molecule has 9 aromatic carbocycles. The quantitative estimate of drug-likeness (QED) is 0.142. The summed E-state index contributed by atoms with van der Waals surface area (Å²) in [6, 6.07) is 68.7. The van der Waals surface area contributed by atoms with Crippen LogP contribution in [-0.4, -0.2) is 9.55 Å². The van der Waals surface area contributed by atoms with Crippen LogP contribution in [-0.2, 0) is 48.1 Å². The minimum Gasteiger partial charge on any atom is -0.509 e. The first-order valence-electron chi connectivity index (χ1n) is 31.6. The first-order valence-corrected chi connectivity index (χ1v) is 32.4. The Morgan fingerprint density at radius 1 is 0.456 bits per heavy atom. The topological polar surface area (TPSA) is 33.5 Å².